The van der Waals surface area contributed by atoms with Gasteiger partial charge in [-0.2, -0.15) is 0 Å². The summed E-state index contributed by atoms with van der Waals surface area (Å²) in [5, 5.41) is 0. The summed E-state index contributed by atoms with van der Waals surface area (Å²) in [5.41, 5.74) is 2.89. The van der Waals surface area contributed by atoms with E-state index in [0.717, 1.165) is 6.42 Å². The Hall–Kier alpha value is -1.56. The minimum Gasteiger partial charge on any atom is -0.0654 e. The van der Waals surface area contributed by atoms with Gasteiger partial charge < -0.3 is 0 Å². The maximum Gasteiger partial charge on any atom is -0.0279 e. The molecule has 21 heavy (non-hydrogen) atoms. The zero-order chi connectivity index (χ0) is 15.2. The van der Waals surface area contributed by atoms with Crippen LogP contribution in [0, 0.1) is 0 Å². The highest BCUT2D eigenvalue weighted by atomic mass is 14.0. The van der Waals surface area contributed by atoms with E-state index in [2.05, 4.69) is 68.4 Å². The molecule has 0 unspecified atom stereocenters. The van der Waals surface area contributed by atoms with Crippen LogP contribution in [-0.2, 0) is 12.8 Å². The van der Waals surface area contributed by atoms with E-state index < -0.39 is 0 Å². The molecule has 2 aromatic rings. The van der Waals surface area contributed by atoms with Crippen LogP contribution < -0.4 is 0 Å². The summed E-state index contributed by atoms with van der Waals surface area (Å²) >= 11 is 0. The molecular formula is C21H30. The summed E-state index contributed by atoms with van der Waals surface area (Å²) in [6.07, 6.45) is 9.28. The second kappa shape index (κ2) is 12.2. The summed E-state index contributed by atoms with van der Waals surface area (Å²) < 4.78 is 0. The van der Waals surface area contributed by atoms with Crippen molar-refractivity contribution in [2.45, 2.75) is 58.8 Å². The highest BCUT2D eigenvalue weighted by molar-refractivity contribution is 5.14. The molecule has 0 heteroatoms. The predicted octanol–water partition coefficient (Wildman–Crippen LogP) is 6.45. The van der Waals surface area contributed by atoms with Gasteiger partial charge in [0.25, 0.3) is 0 Å². The summed E-state index contributed by atoms with van der Waals surface area (Å²) in [7, 11) is 0. The zero-order valence-corrected chi connectivity index (χ0v) is 13.7. The maximum absolute atomic E-state index is 2.26. The molecule has 0 amide bonds. The smallest absolute Gasteiger partial charge is 0.0279 e. The van der Waals surface area contributed by atoms with Crippen LogP contribution in [-0.4, -0.2) is 0 Å². The molecule has 2 aromatic carbocycles. The van der Waals surface area contributed by atoms with E-state index in [1.807, 2.05) is 6.07 Å². The van der Waals surface area contributed by atoms with Crippen LogP contribution >= 0.6 is 0 Å². The van der Waals surface area contributed by atoms with Gasteiger partial charge in [-0.1, -0.05) is 100 Å². The van der Waals surface area contributed by atoms with Crippen LogP contribution in [0.1, 0.15) is 57.1 Å². The molecular weight excluding hydrogens is 252 g/mol. The topological polar surface area (TPSA) is 0 Å². The van der Waals surface area contributed by atoms with Gasteiger partial charge in [-0.15, -0.1) is 0 Å². The lowest BCUT2D eigenvalue weighted by Gasteiger charge is -2.00. The van der Waals surface area contributed by atoms with E-state index in [1.165, 1.54) is 49.7 Å². The van der Waals surface area contributed by atoms with E-state index >= 15 is 0 Å². The van der Waals surface area contributed by atoms with Crippen LogP contribution in [0.4, 0.5) is 0 Å². The highest BCUT2D eigenvalue weighted by Gasteiger charge is 1.91. The molecule has 0 fully saturated rings. The van der Waals surface area contributed by atoms with Gasteiger partial charge in [0.2, 0.25) is 0 Å². The second-order valence-electron chi connectivity index (χ2n) is 5.49. The Kier molecular flexibility index (Phi) is 10.2. The second-order valence-corrected chi connectivity index (χ2v) is 5.49. The lowest BCUT2D eigenvalue weighted by molar-refractivity contribution is 0.632. The van der Waals surface area contributed by atoms with Crippen molar-refractivity contribution in [3.8, 4) is 0 Å². The third kappa shape index (κ3) is 9.07. The number of unbranched alkanes of at least 4 members (excludes halogenated alkanes) is 4. The van der Waals surface area contributed by atoms with Gasteiger partial charge >= 0.3 is 0 Å². The quantitative estimate of drug-likeness (QED) is 0.512. The minimum absolute atomic E-state index is 1.14. The van der Waals surface area contributed by atoms with Crippen molar-refractivity contribution in [3.05, 3.63) is 71.8 Å². The largest absolute Gasteiger partial charge is 0.0654 e. The number of benzene rings is 2. The molecule has 0 saturated heterocycles. The SMILES string of the molecule is CCCCCCCc1ccccc1.CCc1ccccc1. The maximum atomic E-state index is 2.26. The zero-order valence-electron chi connectivity index (χ0n) is 13.7. The number of aryl methyl sites for hydroxylation is 2. The fourth-order valence-electron chi connectivity index (χ4n) is 2.29. The molecule has 0 N–H and O–H groups in total. The van der Waals surface area contributed by atoms with Crippen LogP contribution in [0.25, 0.3) is 0 Å². The first-order valence-corrected chi connectivity index (χ1v) is 8.44. The average molecular weight is 282 g/mol. The molecule has 0 nitrogen and oxygen atoms in total. The van der Waals surface area contributed by atoms with Crippen molar-refractivity contribution in [1.29, 1.82) is 0 Å². The number of hydrogen-bond acceptors (Lipinski definition) is 0. The Bertz CT molecular complexity index is 430. The molecule has 0 aliphatic carbocycles. The summed E-state index contributed by atoms with van der Waals surface area (Å²) in [6, 6.07) is 21.2. The Balaban J connectivity index is 0.000000235. The van der Waals surface area contributed by atoms with E-state index in [-0.39, 0.29) is 0 Å². The highest BCUT2D eigenvalue weighted by Crippen LogP contribution is 2.08. The third-order valence-electron chi connectivity index (χ3n) is 3.66. The predicted molar refractivity (Wildman–Crippen MR) is 94.7 cm³/mol. The first-order valence-electron chi connectivity index (χ1n) is 8.44. The lowest BCUT2D eigenvalue weighted by Crippen LogP contribution is -1.84. The fourth-order valence-corrected chi connectivity index (χ4v) is 2.29. The Morgan fingerprint density at radius 2 is 1.10 bits per heavy atom. The van der Waals surface area contributed by atoms with E-state index in [0.29, 0.717) is 0 Å². The number of hydrogen-bond donors (Lipinski definition) is 0. The van der Waals surface area contributed by atoms with Crippen molar-refractivity contribution in [1.82, 2.24) is 0 Å². The van der Waals surface area contributed by atoms with Gasteiger partial charge in [0.05, 0.1) is 0 Å². The summed E-state index contributed by atoms with van der Waals surface area (Å²) in [6.45, 7) is 4.42. The molecule has 0 atom stereocenters. The molecule has 0 spiro atoms. The van der Waals surface area contributed by atoms with Crippen molar-refractivity contribution < 1.29 is 0 Å². The van der Waals surface area contributed by atoms with Gasteiger partial charge in [0.15, 0.2) is 0 Å². The minimum atomic E-state index is 1.14. The first kappa shape index (κ1) is 17.5. The van der Waals surface area contributed by atoms with Gasteiger partial charge in [-0.3, -0.25) is 0 Å². The average Bonchev–Trinajstić information content (AvgIpc) is 2.57. The molecule has 0 aliphatic heterocycles. The molecule has 0 bridgehead atoms. The molecule has 114 valence electrons. The molecule has 0 aliphatic rings. The van der Waals surface area contributed by atoms with Crippen LogP contribution in [0.15, 0.2) is 60.7 Å². The van der Waals surface area contributed by atoms with Gasteiger partial charge in [0, 0.05) is 0 Å². The van der Waals surface area contributed by atoms with Crippen molar-refractivity contribution in [2.24, 2.45) is 0 Å². The summed E-state index contributed by atoms with van der Waals surface area (Å²) in [4.78, 5) is 0. The van der Waals surface area contributed by atoms with Crippen molar-refractivity contribution in [3.63, 3.8) is 0 Å². The third-order valence-corrected chi connectivity index (χ3v) is 3.66. The van der Waals surface area contributed by atoms with Gasteiger partial charge in [-0.25, -0.2) is 0 Å². The van der Waals surface area contributed by atoms with E-state index in [9.17, 15) is 0 Å². The lowest BCUT2D eigenvalue weighted by atomic mass is 10.1. The van der Waals surface area contributed by atoms with Crippen LogP contribution in [0.2, 0.25) is 0 Å². The molecule has 0 saturated carbocycles. The van der Waals surface area contributed by atoms with Crippen molar-refractivity contribution >= 4 is 0 Å². The molecule has 0 aromatic heterocycles. The normalized spacial score (nSPS) is 9.81. The molecule has 2 rings (SSSR count). The summed E-state index contributed by atoms with van der Waals surface area (Å²) in [5.74, 6) is 0. The Morgan fingerprint density at radius 3 is 1.57 bits per heavy atom. The van der Waals surface area contributed by atoms with Crippen LogP contribution in [0.5, 0.6) is 0 Å². The Morgan fingerprint density at radius 1 is 0.571 bits per heavy atom. The monoisotopic (exact) mass is 282 g/mol. The fraction of sp³-hybridized carbons (Fsp3) is 0.429. The number of rotatable bonds is 7. The standard InChI is InChI=1S/C13H20.C8H10/c1-2-3-4-5-7-10-13-11-8-6-9-12-13;1-2-8-6-4-3-5-7-8/h6,8-9,11-12H,2-5,7,10H2,1H3;3-7H,2H2,1H3. The van der Waals surface area contributed by atoms with E-state index in [4.69, 9.17) is 0 Å². The van der Waals surface area contributed by atoms with Crippen LogP contribution in [0.3, 0.4) is 0 Å². The first-order chi connectivity index (χ1) is 10.4. The van der Waals surface area contributed by atoms with Crippen molar-refractivity contribution in [2.75, 3.05) is 0 Å². The van der Waals surface area contributed by atoms with Gasteiger partial charge in [0.1, 0.15) is 0 Å². The Labute approximate surface area is 131 Å². The molecule has 0 heterocycles. The molecule has 0 radical (unpaired) electrons. The van der Waals surface area contributed by atoms with Gasteiger partial charge in [-0.05, 0) is 30.4 Å². The van der Waals surface area contributed by atoms with E-state index in [1.54, 1.807) is 0 Å².